The molecule has 0 amide bonds. The summed E-state index contributed by atoms with van der Waals surface area (Å²) in [6, 6.07) is 7.81. The van der Waals surface area contributed by atoms with Gasteiger partial charge in [-0.15, -0.1) is 0 Å². The van der Waals surface area contributed by atoms with Gasteiger partial charge in [0.1, 0.15) is 11.6 Å². The highest BCUT2D eigenvalue weighted by atomic mass is 35.5. The summed E-state index contributed by atoms with van der Waals surface area (Å²) in [5, 5.41) is 3.16. The second kappa shape index (κ2) is 4.37. The molecule has 0 aliphatic carbocycles. The topological polar surface area (TPSA) is 50.9 Å². The number of hydrogen-bond acceptors (Lipinski definition) is 3. The first-order valence-electron chi connectivity index (χ1n) is 4.59. The summed E-state index contributed by atoms with van der Waals surface area (Å²) in [4.78, 5) is 3.88. The van der Waals surface area contributed by atoms with Crippen molar-refractivity contribution in [1.29, 1.82) is 0 Å². The van der Waals surface area contributed by atoms with Gasteiger partial charge in [-0.25, -0.2) is 9.37 Å². The highest BCUT2D eigenvalue weighted by Gasteiger charge is 2.06. The molecule has 0 aliphatic rings. The quantitative estimate of drug-likeness (QED) is 0.843. The maximum atomic E-state index is 13.4. The molecule has 2 rings (SSSR count). The molecule has 5 heteroatoms. The molecule has 0 saturated heterocycles. The van der Waals surface area contributed by atoms with Crippen molar-refractivity contribution in [3.8, 4) is 0 Å². The Morgan fingerprint density at radius 3 is 2.69 bits per heavy atom. The van der Waals surface area contributed by atoms with Crippen molar-refractivity contribution in [2.75, 3.05) is 11.1 Å². The fourth-order valence-electron chi connectivity index (χ4n) is 1.24. The Morgan fingerprint density at radius 2 is 2.06 bits per heavy atom. The fraction of sp³-hybridized carbons (Fsp3) is 0. The SMILES string of the molecule is Nc1ccc(Nc2c(F)cccc2Cl)cn1. The van der Waals surface area contributed by atoms with Gasteiger partial charge in [0, 0.05) is 0 Å². The van der Waals surface area contributed by atoms with Crippen molar-refractivity contribution >= 4 is 28.8 Å². The number of halogens is 2. The van der Waals surface area contributed by atoms with E-state index in [9.17, 15) is 4.39 Å². The van der Waals surface area contributed by atoms with E-state index in [1.807, 2.05) is 0 Å². The number of nitrogens with two attached hydrogens (primary N) is 1. The maximum absolute atomic E-state index is 13.4. The lowest BCUT2D eigenvalue weighted by Crippen LogP contribution is -1.96. The minimum Gasteiger partial charge on any atom is -0.384 e. The maximum Gasteiger partial charge on any atom is 0.148 e. The van der Waals surface area contributed by atoms with Crippen LogP contribution in [-0.2, 0) is 0 Å². The summed E-state index contributed by atoms with van der Waals surface area (Å²) >= 11 is 5.86. The highest BCUT2D eigenvalue weighted by Crippen LogP contribution is 2.27. The van der Waals surface area contributed by atoms with E-state index in [0.29, 0.717) is 16.5 Å². The van der Waals surface area contributed by atoms with Crippen LogP contribution in [0.3, 0.4) is 0 Å². The van der Waals surface area contributed by atoms with Gasteiger partial charge in [-0.1, -0.05) is 17.7 Å². The van der Waals surface area contributed by atoms with Gasteiger partial charge in [0.25, 0.3) is 0 Å². The van der Waals surface area contributed by atoms with Crippen molar-refractivity contribution in [3.63, 3.8) is 0 Å². The zero-order valence-corrected chi connectivity index (χ0v) is 9.00. The predicted molar refractivity (Wildman–Crippen MR) is 63.3 cm³/mol. The first kappa shape index (κ1) is 10.7. The Kier molecular flexibility index (Phi) is 2.92. The molecule has 0 radical (unpaired) electrons. The number of hydrogen-bond donors (Lipinski definition) is 2. The van der Waals surface area contributed by atoms with Crippen LogP contribution >= 0.6 is 11.6 Å². The molecule has 0 spiro atoms. The second-order valence-corrected chi connectivity index (χ2v) is 3.60. The van der Waals surface area contributed by atoms with E-state index in [1.165, 1.54) is 12.3 Å². The number of aromatic nitrogens is 1. The van der Waals surface area contributed by atoms with Crippen LogP contribution in [0, 0.1) is 5.82 Å². The highest BCUT2D eigenvalue weighted by molar-refractivity contribution is 6.33. The summed E-state index contributed by atoms with van der Waals surface area (Å²) in [6.45, 7) is 0. The Balaban J connectivity index is 2.30. The van der Waals surface area contributed by atoms with Gasteiger partial charge in [-0.3, -0.25) is 0 Å². The standard InChI is InChI=1S/C11H9ClFN3/c12-8-2-1-3-9(13)11(8)16-7-4-5-10(14)15-6-7/h1-6,16H,(H2,14,15). The molecule has 2 aromatic rings. The fourth-order valence-corrected chi connectivity index (χ4v) is 1.45. The van der Waals surface area contributed by atoms with E-state index in [2.05, 4.69) is 10.3 Å². The number of pyridine rings is 1. The third kappa shape index (κ3) is 2.23. The summed E-state index contributed by atoms with van der Waals surface area (Å²) in [7, 11) is 0. The van der Waals surface area contributed by atoms with Gasteiger partial charge in [0.05, 0.1) is 22.6 Å². The van der Waals surface area contributed by atoms with Gasteiger partial charge in [-0.2, -0.15) is 0 Å². The van der Waals surface area contributed by atoms with E-state index < -0.39 is 5.82 Å². The van der Waals surface area contributed by atoms with Gasteiger partial charge in [0.15, 0.2) is 0 Å². The average Bonchev–Trinajstić information content (AvgIpc) is 2.26. The van der Waals surface area contributed by atoms with Gasteiger partial charge < -0.3 is 11.1 Å². The van der Waals surface area contributed by atoms with Crippen LogP contribution in [0.4, 0.5) is 21.6 Å². The number of anilines is 3. The van der Waals surface area contributed by atoms with Crippen molar-refractivity contribution in [2.24, 2.45) is 0 Å². The minimum atomic E-state index is -0.413. The monoisotopic (exact) mass is 237 g/mol. The number of para-hydroxylation sites is 1. The molecule has 3 N–H and O–H groups in total. The lowest BCUT2D eigenvalue weighted by atomic mass is 10.3. The summed E-state index contributed by atoms with van der Waals surface area (Å²) in [5.74, 6) is -0.00509. The molecule has 0 aliphatic heterocycles. The number of nitrogens with zero attached hydrogens (tertiary/aromatic N) is 1. The first-order chi connectivity index (χ1) is 7.66. The van der Waals surface area contributed by atoms with Gasteiger partial charge in [0.2, 0.25) is 0 Å². The minimum absolute atomic E-state index is 0.232. The Morgan fingerprint density at radius 1 is 1.25 bits per heavy atom. The molecule has 0 fully saturated rings. The first-order valence-corrected chi connectivity index (χ1v) is 4.97. The van der Waals surface area contributed by atoms with Crippen molar-refractivity contribution in [3.05, 3.63) is 47.4 Å². The predicted octanol–water partition coefficient (Wildman–Crippen LogP) is 3.20. The number of nitrogens with one attached hydrogen (secondary N) is 1. The van der Waals surface area contributed by atoms with Gasteiger partial charge >= 0.3 is 0 Å². The molecule has 3 nitrogen and oxygen atoms in total. The molecule has 0 bridgehead atoms. The van der Waals surface area contributed by atoms with Crippen LogP contribution in [0.2, 0.25) is 5.02 Å². The van der Waals surface area contributed by atoms with Crippen LogP contribution in [0.5, 0.6) is 0 Å². The van der Waals surface area contributed by atoms with Crippen LogP contribution in [0.25, 0.3) is 0 Å². The Bertz CT molecular complexity index is 479. The van der Waals surface area contributed by atoms with Crippen molar-refractivity contribution in [2.45, 2.75) is 0 Å². The number of rotatable bonds is 2. The van der Waals surface area contributed by atoms with E-state index in [1.54, 1.807) is 24.3 Å². The third-order valence-electron chi connectivity index (χ3n) is 2.02. The van der Waals surface area contributed by atoms with Crippen molar-refractivity contribution in [1.82, 2.24) is 4.98 Å². The molecule has 0 atom stereocenters. The largest absolute Gasteiger partial charge is 0.384 e. The lowest BCUT2D eigenvalue weighted by molar-refractivity contribution is 0.632. The molecule has 82 valence electrons. The molecule has 1 heterocycles. The average molecular weight is 238 g/mol. The van der Waals surface area contributed by atoms with Crippen LogP contribution in [0.15, 0.2) is 36.5 Å². The molecule has 1 aromatic heterocycles. The van der Waals surface area contributed by atoms with E-state index in [4.69, 9.17) is 17.3 Å². The summed E-state index contributed by atoms with van der Waals surface area (Å²) in [5.41, 5.74) is 6.30. The second-order valence-electron chi connectivity index (χ2n) is 3.19. The van der Waals surface area contributed by atoms with Crippen molar-refractivity contribution < 1.29 is 4.39 Å². The smallest absolute Gasteiger partial charge is 0.148 e. The zero-order valence-electron chi connectivity index (χ0n) is 8.24. The lowest BCUT2D eigenvalue weighted by Gasteiger charge is -2.08. The molecular formula is C11H9ClFN3. The Labute approximate surface area is 97.1 Å². The van der Waals surface area contributed by atoms with Crippen LogP contribution in [-0.4, -0.2) is 4.98 Å². The number of nitrogen functional groups attached to an aromatic ring is 1. The molecule has 16 heavy (non-hydrogen) atoms. The number of benzene rings is 1. The van der Waals surface area contributed by atoms with E-state index in [0.717, 1.165) is 0 Å². The molecule has 1 aromatic carbocycles. The van der Waals surface area contributed by atoms with Gasteiger partial charge in [-0.05, 0) is 24.3 Å². The van der Waals surface area contributed by atoms with E-state index >= 15 is 0 Å². The molecular weight excluding hydrogens is 229 g/mol. The molecule has 0 unspecified atom stereocenters. The Hall–Kier alpha value is -1.81. The zero-order chi connectivity index (χ0) is 11.5. The third-order valence-corrected chi connectivity index (χ3v) is 2.33. The summed E-state index contributed by atoms with van der Waals surface area (Å²) < 4.78 is 13.4. The molecule has 0 saturated carbocycles. The summed E-state index contributed by atoms with van der Waals surface area (Å²) in [6.07, 6.45) is 1.51. The normalized spacial score (nSPS) is 10.1. The van der Waals surface area contributed by atoms with Crippen LogP contribution < -0.4 is 11.1 Å². The van der Waals surface area contributed by atoms with E-state index in [-0.39, 0.29) is 5.69 Å². The van der Waals surface area contributed by atoms with Crippen LogP contribution in [0.1, 0.15) is 0 Å².